The molecule has 1 aromatic heterocycles. The minimum Gasteiger partial charge on any atom is -0.484 e. The summed E-state index contributed by atoms with van der Waals surface area (Å²) in [6, 6.07) is 5.58. The Hall–Kier alpha value is -2.41. The van der Waals surface area contributed by atoms with Crippen molar-refractivity contribution in [2.75, 3.05) is 18.5 Å². The highest BCUT2D eigenvalue weighted by atomic mass is 32.1. The predicted molar refractivity (Wildman–Crippen MR) is 92.8 cm³/mol. The van der Waals surface area contributed by atoms with Crippen molar-refractivity contribution in [1.29, 1.82) is 0 Å². The molecule has 0 fully saturated rings. The van der Waals surface area contributed by atoms with Gasteiger partial charge in [0.25, 0.3) is 5.91 Å². The summed E-state index contributed by atoms with van der Waals surface area (Å²) in [6.45, 7) is 1.75. The number of carbonyl (C=O) groups is 2. The van der Waals surface area contributed by atoms with Gasteiger partial charge >= 0.3 is 5.97 Å². The second-order valence-electron chi connectivity index (χ2n) is 5.58. The summed E-state index contributed by atoms with van der Waals surface area (Å²) in [7, 11) is 0. The van der Waals surface area contributed by atoms with Gasteiger partial charge in [0.2, 0.25) is 0 Å². The molecule has 1 aromatic carbocycles. The van der Waals surface area contributed by atoms with Crippen LogP contribution in [0.4, 0.5) is 9.39 Å². The number of amides is 1. The van der Waals surface area contributed by atoms with Crippen LogP contribution in [0, 0.1) is 5.82 Å². The lowest BCUT2D eigenvalue weighted by molar-refractivity contribution is -0.118. The Morgan fingerprint density at radius 3 is 2.92 bits per heavy atom. The molecule has 1 N–H and O–H groups in total. The van der Waals surface area contributed by atoms with Crippen LogP contribution in [0.3, 0.4) is 0 Å². The molecule has 3 rings (SSSR count). The second kappa shape index (κ2) is 7.65. The number of aryl methyl sites for hydroxylation is 1. The summed E-state index contributed by atoms with van der Waals surface area (Å²) in [5.74, 6) is -0.982. The van der Waals surface area contributed by atoms with E-state index in [2.05, 4.69) is 5.32 Å². The van der Waals surface area contributed by atoms with E-state index in [1.54, 1.807) is 13.0 Å². The number of hydrogen-bond acceptors (Lipinski definition) is 5. The maximum absolute atomic E-state index is 13.1. The van der Waals surface area contributed by atoms with Gasteiger partial charge in [-0.2, -0.15) is 0 Å². The Morgan fingerprint density at radius 1 is 1.32 bits per heavy atom. The third-order valence-corrected chi connectivity index (χ3v) is 5.03. The van der Waals surface area contributed by atoms with E-state index in [9.17, 15) is 14.0 Å². The van der Waals surface area contributed by atoms with E-state index >= 15 is 0 Å². The standard InChI is InChI=1S/C18H18FNO4S/c1-2-23-18(22)16-13-7-4-8-14(13)25-17(16)20-15(21)10-24-12-6-3-5-11(19)9-12/h3,5-6,9H,2,4,7-8,10H2,1H3,(H,20,21). The van der Waals surface area contributed by atoms with Crippen LogP contribution >= 0.6 is 11.3 Å². The maximum Gasteiger partial charge on any atom is 0.341 e. The SMILES string of the molecule is CCOC(=O)c1c(NC(=O)COc2cccc(F)c2)sc2c1CCC2. The van der Waals surface area contributed by atoms with Gasteiger partial charge < -0.3 is 14.8 Å². The third-order valence-electron chi connectivity index (χ3n) is 3.82. The average Bonchev–Trinajstić information content (AvgIpc) is 3.13. The summed E-state index contributed by atoms with van der Waals surface area (Å²) in [5, 5.41) is 3.22. The van der Waals surface area contributed by atoms with Crippen molar-refractivity contribution in [1.82, 2.24) is 0 Å². The monoisotopic (exact) mass is 363 g/mol. The van der Waals surface area contributed by atoms with E-state index in [0.717, 1.165) is 29.7 Å². The largest absolute Gasteiger partial charge is 0.484 e. The Kier molecular flexibility index (Phi) is 5.33. The minimum absolute atomic E-state index is 0.270. The average molecular weight is 363 g/mol. The molecular weight excluding hydrogens is 345 g/mol. The van der Waals surface area contributed by atoms with Gasteiger partial charge in [0.15, 0.2) is 6.61 Å². The van der Waals surface area contributed by atoms with Gasteiger partial charge in [-0.15, -0.1) is 11.3 Å². The van der Waals surface area contributed by atoms with Crippen LogP contribution in [0.15, 0.2) is 24.3 Å². The van der Waals surface area contributed by atoms with Gasteiger partial charge in [-0.1, -0.05) is 6.07 Å². The zero-order chi connectivity index (χ0) is 17.8. The summed E-state index contributed by atoms with van der Waals surface area (Å²) < 4.78 is 23.5. The highest BCUT2D eigenvalue weighted by Crippen LogP contribution is 2.39. The van der Waals surface area contributed by atoms with E-state index in [1.807, 2.05) is 0 Å². The molecule has 25 heavy (non-hydrogen) atoms. The molecule has 0 spiro atoms. The molecule has 7 heteroatoms. The number of hydrogen-bond donors (Lipinski definition) is 1. The lowest BCUT2D eigenvalue weighted by Gasteiger charge is -2.09. The molecule has 5 nitrogen and oxygen atoms in total. The number of esters is 1. The van der Waals surface area contributed by atoms with Crippen LogP contribution in [0.1, 0.15) is 34.1 Å². The molecule has 0 saturated carbocycles. The number of thiophene rings is 1. The number of benzene rings is 1. The number of ether oxygens (including phenoxy) is 2. The van der Waals surface area contributed by atoms with Gasteiger partial charge in [-0.3, -0.25) is 4.79 Å². The highest BCUT2D eigenvalue weighted by Gasteiger charge is 2.28. The van der Waals surface area contributed by atoms with Crippen molar-refractivity contribution in [2.24, 2.45) is 0 Å². The van der Waals surface area contributed by atoms with Crippen LogP contribution in [-0.4, -0.2) is 25.1 Å². The molecule has 0 atom stereocenters. The minimum atomic E-state index is -0.433. The van der Waals surface area contributed by atoms with Crippen LogP contribution in [0.5, 0.6) is 5.75 Å². The highest BCUT2D eigenvalue weighted by molar-refractivity contribution is 7.17. The van der Waals surface area contributed by atoms with Crippen molar-refractivity contribution in [2.45, 2.75) is 26.2 Å². The molecule has 1 aliphatic carbocycles. The van der Waals surface area contributed by atoms with Gasteiger partial charge in [0.05, 0.1) is 12.2 Å². The van der Waals surface area contributed by atoms with Gasteiger partial charge in [-0.05, 0) is 43.9 Å². The number of halogens is 1. The van der Waals surface area contributed by atoms with Crippen LogP contribution < -0.4 is 10.1 Å². The molecule has 0 aliphatic heterocycles. The van der Waals surface area contributed by atoms with Crippen LogP contribution in [0.25, 0.3) is 0 Å². The number of carbonyl (C=O) groups excluding carboxylic acids is 2. The summed E-state index contributed by atoms with van der Waals surface area (Å²) in [6.07, 6.45) is 2.72. The fourth-order valence-corrected chi connectivity index (χ4v) is 4.07. The fourth-order valence-electron chi connectivity index (χ4n) is 2.78. The zero-order valence-corrected chi connectivity index (χ0v) is 14.6. The van der Waals surface area contributed by atoms with E-state index in [1.165, 1.54) is 29.5 Å². The molecular formula is C18H18FNO4S. The first-order valence-corrected chi connectivity index (χ1v) is 8.90. The van der Waals surface area contributed by atoms with E-state index in [-0.39, 0.29) is 19.0 Å². The van der Waals surface area contributed by atoms with Gasteiger partial charge in [-0.25, -0.2) is 9.18 Å². The first-order valence-electron chi connectivity index (χ1n) is 8.08. The Morgan fingerprint density at radius 2 is 2.16 bits per heavy atom. The Balaban J connectivity index is 1.69. The maximum atomic E-state index is 13.1. The summed E-state index contributed by atoms with van der Waals surface area (Å²) in [5.41, 5.74) is 1.43. The second-order valence-corrected chi connectivity index (χ2v) is 6.68. The fraction of sp³-hybridized carbons (Fsp3) is 0.333. The molecule has 0 bridgehead atoms. The molecule has 1 aliphatic rings. The number of nitrogens with one attached hydrogen (secondary N) is 1. The first kappa shape index (κ1) is 17.4. The molecule has 0 radical (unpaired) electrons. The predicted octanol–water partition coefficient (Wildman–Crippen LogP) is 3.57. The first-order chi connectivity index (χ1) is 12.1. The van der Waals surface area contributed by atoms with Crippen molar-refractivity contribution >= 4 is 28.2 Å². The van der Waals surface area contributed by atoms with Crippen molar-refractivity contribution < 1.29 is 23.5 Å². The van der Waals surface area contributed by atoms with E-state index in [4.69, 9.17) is 9.47 Å². The van der Waals surface area contributed by atoms with E-state index < -0.39 is 17.7 Å². The third kappa shape index (κ3) is 3.99. The number of rotatable bonds is 6. The summed E-state index contributed by atoms with van der Waals surface area (Å²) >= 11 is 1.41. The van der Waals surface area contributed by atoms with Crippen LogP contribution in [-0.2, 0) is 22.4 Å². The van der Waals surface area contributed by atoms with Gasteiger partial charge in [0.1, 0.15) is 16.6 Å². The smallest absolute Gasteiger partial charge is 0.341 e. The molecule has 1 amide bonds. The van der Waals surface area contributed by atoms with Crippen molar-refractivity contribution in [3.63, 3.8) is 0 Å². The molecule has 0 saturated heterocycles. The van der Waals surface area contributed by atoms with E-state index in [0.29, 0.717) is 10.6 Å². The molecule has 2 aromatic rings. The molecule has 0 unspecified atom stereocenters. The van der Waals surface area contributed by atoms with Gasteiger partial charge in [0, 0.05) is 10.9 Å². The number of fused-ring (bicyclic) bond motifs is 1. The lowest BCUT2D eigenvalue weighted by Crippen LogP contribution is -2.21. The number of anilines is 1. The quantitative estimate of drug-likeness (QED) is 0.797. The Labute approximate surface area is 148 Å². The topological polar surface area (TPSA) is 64.6 Å². The molecule has 132 valence electrons. The Bertz CT molecular complexity index is 802. The summed E-state index contributed by atoms with van der Waals surface area (Å²) in [4.78, 5) is 25.5. The molecule has 1 heterocycles. The van der Waals surface area contributed by atoms with Crippen LogP contribution in [0.2, 0.25) is 0 Å². The lowest BCUT2D eigenvalue weighted by atomic mass is 10.1. The van der Waals surface area contributed by atoms with Crippen molar-refractivity contribution in [3.05, 3.63) is 46.1 Å². The zero-order valence-electron chi connectivity index (χ0n) is 13.8. The van der Waals surface area contributed by atoms with Crippen molar-refractivity contribution in [3.8, 4) is 5.75 Å². The normalized spacial score (nSPS) is 12.6.